The van der Waals surface area contributed by atoms with Gasteiger partial charge in [-0.2, -0.15) is 0 Å². The molecule has 4 heteroatoms. The summed E-state index contributed by atoms with van der Waals surface area (Å²) < 4.78 is 5.64. The van der Waals surface area contributed by atoms with Crippen LogP contribution in [0.5, 0.6) is 5.75 Å². The van der Waals surface area contributed by atoms with E-state index >= 15 is 0 Å². The number of hydrogen-bond donors (Lipinski definition) is 1. The van der Waals surface area contributed by atoms with Gasteiger partial charge in [0.25, 0.3) is 5.91 Å². The lowest BCUT2D eigenvalue weighted by atomic mass is 9.84. The van der Waals surface area contributed by atoms with Crippen molar-refractivity contribution < 1.29 is 9.53 Å². The van der Waals surface area contributed by atoms with Crippen LogP contribution < -0.4 is 10.1 Å². The van der Waals surface area contributed by atoms with Crippen LogP contribution in [-0.2, 0) is 4.79 Å². The van der Waals surface area contributed by atoms with Crippen LogP contribution in [-0.4, -0.2) is 44.1 Å². The van der Waals surface area contributed by atoms with E-state index in [2.05, 4.69) is 38.2 Å². The molecule has 1 amide bonds. The molecular weight excluding hydrogens is 288 g/mol. The van der Waals surface area contributed by atoms with E-state index in [0.717, 1.165) is 18.7 Å². The predicted molar refractivity (Wildman–Crippen MR) is 93.9 cm³/mol. The lowest BCUT2D eigenvalue weighted by Crippen LogP contribution is -2.46. The van der Waals surface area contributed by atoms with Crippen molar-refractivity contribution in [3.05, 3.63) is 29.3 Å². The van der Waals surface area contributed by atoms with Gasteiger partial charge in [0.1, 0.15) is 5.75 Å². The van der Waals surface area contributed by atoms with E-state index in [1.165, 1.54) is 30.4 Å². The van der Waals surface area contributed by atoms with Crippen molar-refractivity contribution in [3.63, 3.8) is 0 Å². The summed E-state index contributed by atoms with van der Waals surface area (Å²) in [7, 11) is 4.19. The molecule has 0 bridgehead atoms. The molecular formula is C19H30N2O2. The Hall–Kier alpha value is -1.55. The van der Waals surface area contributed by atoms with Gasteiger partial charge in [-0.25, -0.2) is 0 Å². The predicted octanol–water partition coefficient (Wildman–Crippen LogP) is 2.92. The first kappa shape index (κ1) is 17.8. The van der Waals surface area contributed by atoms with Gasteiger partial charge >= 0.3 is 0 Å². The molecule has 0 aliphatic heterocycles. The van der Waals surface area contributed by atoms with Crippen LogP contribution in [0.1, 0.15) is 36.8 Å². The standard InChI is InChI=1S/C19H30N2O2/c1-14-9-10-17(11-15(14)2)23-13-19(22)20-18-8-6-5-7-16(18)12-21(3)4/h9-11,16,18H,5-8,12-13H2,1-4H3,(H,20,22). The molecule has 1 aromatic rings. The zero-order valence-corrected chi connectivity index (χ0v) is 14.9. The Balaban J connectivity index is 1.84. The SMILES string of the molecule is Cc1ccc(OCC(=O)NC2CCCCC2CN(C)C)cc1C. The number of amides is 1. The van der Waals surface area contributed by atoms with Crippen LogP contribution >= 0.6 is 0 Å². The Morgan fingerprint density at radius 2 is 1.96 bits per heavy atom. The average molecular weight is 318 g/mol. The fourth-order valence-electron chi connectivity index (χ4n) is 3.29. The van der Waals surface area contributed by atoms with Gasteiger partial charge in [-0.1, -0.05) is 18.9 Å². The molecule has 1 aliphatic carbocycles. The quantitative estimate of drug-likeness (QED) is 0.877. The zero-order chi connectivity index (χ0) is 16.8. The lowest BCUT2D eigenvalue weighted by molar-refractivity contribution is -0.124. The Labute approximate surface area is 140 Å². The summed E-state index contributed by atoms with van der Waals surface area (Å²) in [5.41, 5.74) is 2.41. The Bertz CT molecular complexity index is 528. The van der Waals surface area contributed by atoms with Gasteiger partial charge in [0.15, 0.2) is 6.61 Å². The minimum Gasteiger partial charge on any atom is -0.484 e. The maximum Gasteiger partial charge on any atom is 0.258 e. The summed E-state index contributed by atoms with van der Waals surface area (Å²) in [5.74, 6) is 1.29. The lowest BCUT2D eigenvalue weighted by Gasteiger charge is -2.33. The molecule has 0 aromatic heterocycles. The highest BCUT2D eigenvalue weighted by Gasteiger charge is 2.26. The highest BCUT2D eigenvalue weighted by molar-refractivity contribution is 5.77. The van der Waals surface area contributed by atoms with E-state index in [4.69, 9.17) is 4.74 Å². The fourth-order valence-corrected chi connectivity index (χ4v) is 3.29. The summed E-state index contributed by atoms with van der Waals surface area (Å²) in [6.07, 6.45) is 4.74. The van der Waals surface area contributed by atoms with Gasteiger partial charge in [0, 0.05) is 12.6 Å². The molecule has 1 aromatic carbocycles. The van der Waals surface area contributed by atoms with E-state index in [9.17, 15) is 4.79 Å². The number of nitrogens with zero attached hydrogens (tertiary/aromatic N) is 1. The van der Waals surface area contributed by atoms with Crippen LogP contribution in [0.25, 0.3) is 0 Å². The number of ether oxygens (including phenoxy) is 1. The molecule has 0 spiro atoms. The van der Waals surface area contributed by atoms with E-state index in [0.29, 0.717) is 5.92 Å². The van der Waals surface area contributed by atoms with E-state index < -0.39 is 0 Å². The maximum atomic E-state index is 12.2. The third kappa shape index (κ3) is 5.54. The molecule has 2 unspecified atom stereocenters. The second kappa shape index (κ2) is 8.34. The van der Waals surface area contributed by atoms with Crippen molar-refractivity contribution in [1.29, 1.82) is 0 Å². The number of carbonyl (C=O) groups excluding carboxylic acids is 1. The smallest absolute Gasteiger partial charge is 0.258 e. The highest BCUT2D eigenvalue weighted by atomic mass is 16.5. The summed E-state index contributed by atoms with van der Waals surface area (Å²) in [4.78, 5) is 14.4. The van der Waals surface area contributed by atoms with Gasteiger partial charge in [0.05, 0.1) is 0 Å². The minimum absolute atomic E-state index is 0.0149. The van der Waals surface area contributed by atoms with E-state index in [1.807, 2.05) is 18.2 Å². The second-order valence-electron chi connectivity index (χ2n) is 7.02. The van der Waals surface area contributed by atoms with E-state index in [1.54, 1.807) is 0 Å². The highest BCUT2D eigenvalue weighted by Crippen LogP contribution is 2.25. The zero-order valence-electron chi connectivity index (χ0n) is 14.9. The van der Waals surface area contributed by atoms with Crippen molar-refractivity contribution in [2.24, 2.45) is 5.92 Å². The molecule has 2 rings (SSSR count). The van der Waals surface area contributed by atoms with Crippen molar-refractivity contribution in [2.75, 3.05) is 27.2 Å². The van der Waals surface area contributed by atoms with Crippen molar-refractivity contribution in [1.82, 2.24) is 10.2 Å². The molecule has 0 radical (unpaired) electrons. The largest absolute Gasteiger partial charge is 0.484 e. The monoisotopic (exact) mass is 318 g/mol. The Kier molecular flexibility index (Phi) is 6.46. The van der Waals surface area contributed by atoms with Crippen LogP contribution in [0.15, 0.2) is 18.2 Å². The molecule has 0 saturated heterocycles. The van der Waals surface area contributed by atoms with Crippen LogP contribution in [0, 0.1) is 19.8 Å². The summed E-state index contributed by atoms with van der Waals surface area (Å²) >= 11 is 0. The second-order valence-corrected chi connectivity index (χ2v) is 7.02. The third-order valence-corrected chi connectivity index (χ3v) is 4.70. The number of rotatable bonds is 6. The summed E-state index contributed by atoms with van der Waals surface area (Å²) in [5, 5.41) is 3.18. The summed E-state index contributed by atoms with van der Waals surface area (Å²) in [6, 6.07) is 6.21. The fraction of sp³-hybridized carbons (Fsp3) is 0.632. The first-order valence-corrected chi connectivity index (χ1v) is 8.60. The van der Waals surface area contributed by atoms with Crippen molar-refractivity contribution in [3.8, 4) is 5.75 Å². The molecule has 1 fully saturated rings. The number of aryl methyl sites for hydroxylation is 2. The van der Waals surface area contributed by atoms with Gasteiger partial charge in [-0.05, 0) is 70.0 Å². The molecule has 2 atom stereocenters. The maximum absolute atomic E-state index is 12.2. The molecule has 0 heterocycles. The average Bonchev–Trinajstić information content (AvgIpc) is 2.50. The van der Waals surface area contributed by atoms with Crippen LogP contribution in [0.3, 0.4) is 0 Å². The Morgan fingerprint density at radius 1 is 1.22 bits per heavy atom. The van der Waals surface area contributed by atoms with Crippen molar-refractivity contribution in [2.45, 2.75) is 45.6 Å². The van der Waals surface area contributed by atoms with Crippen molar-refractivity contribution >= 4 is 5.91 Å². The summed E-state index contributed by atoms with van der Waals surface area (Å²) in [6.45, 7) is 5.24. The third-order valence-electron chi connectivity index (χ3n) is 4.70. The molecule has 1 saturated carbocycles. The first-order chi connectivity index (χ1) is 11.0. The first-order valence-electron chi connectivity index (χ1n) is 8.60. The van der Waals surface area contributed by atoms with Gasteiger partial charge in [-0.15, -0.1) is 0 Å². The molecule has 1 aliphatic rings. The topological polar surface area (TPSA) is 41.6 Å². The minimum atomic E-state index is -0.0149. The van der Waals surface area contributed by atoms with Gasteiger partial charge in [-0.3, -0.25) is 4.79 Å². The van der Waals surface area contributed by atoms with E-state index in [-0.39, 0.29) is 18.6 Å². The number of carbonyl (C=O) groups is 1. The van der Waals surface area contributed by atoms with Gasteiger partial charge < -0.3 is 15.0 Å². The molecule has 23 heavy (non-hydrogen) atoms. The van der Waals surface area contributed by atoms with Crippen LogP contribution in [0.4, 0.5) is 0 Å². The molecule has 128 valence electrons. The molecule has 1 N–H and O–H groups in total. The number of benzene rings is 1. The Morgan fingerprint density at radius 3 is 2.65 bits per heavy atom. The molecule has 4 nitrogen and oxygen atoms in total. The number of nitrogens with one attached hydrogen (secondary N) is 1. The van der Waals surface area contributed by atoms with Gasteiger partial charge in [0.2, 0.25) is 0 Å². The van der Waals surface area contributed by atoms with Crippen LogP contribution in [0.2, 0.25) is 0 Å². The normalized spacial score (nSPS) is 21.3. The number of hydrogen-bond acceptors (Lipinski definition) is 3.